The van der Waals surface area contributed by atoms with Crippen molar-refractivity contribution in [3.05, 3.63) is 47.5 Å². The first-order valence-corrected chi connectivity index (χ1v) is 10.2. The smallest absolute Gasteiger partial charge is 0.258 e. The topological polar surface area (TPSA) is 67.4 Å². The average molecular weight is 398 g/mol. The van der Waals surface area contributed by atoms with Crippen molar-refractivity contribution < 1.29 is 13.9 Å². The van der Waals surface area contributed by atoms with Crippen LogP contribution in [0.25, 0.3) is 0 Å². The molecule has 154 valence electrons. The Hall–Kier alpha value is -2.70. The number of aromatic nitrogens is 2. The largest absolute Gasteiger partial charge is 0.481 e. The number of benzene rings is 1. The number of rotatable bonds is 5. The molecule has 0 saturated carbocycles. The van der Waals surface area contributed by atoms with Crippen LogP contribution in [-0.2, 0) is 11.2 Å². The summed E-state index contributed by atoms with van der Waals surface area (Å²) in [5.41, 5.74) is 1.97. The van der Waals surface area contributed by atoms with Crippen molar-refractivity contribution in [3.8, 4) is 5.75 Å². The van der Waals surface area contributed by atoms with E-state index in [0.717, 1.165) is 43.1 Å². The number of ether oxygens (including phenoxy) is 1. The minimum atomic E-state index is -0.479. The van der Waals surface area contributed by atoms with Crippen LogP contribution in [0.4, 0.5) is 10.3 Å². The third kappa shape index (κ3) is 4.49. The lowest BCUT2D eigenvalue weighted by Gasteiger charge is -2.36. The monoisotopic (exact) mass is 398 g/mol. The highest BCUT2D eigenvalue weighted by Gasteiger charge is 2.35. The molecule has 1 aromatic heterocycles. The molecule has 1 aliphatic heterocycles. The first-order valence-electron chi connectivity index (χ1n) is 10.2. The van der Waals surface area contributed by atoms with Gasteiger partial charge in [0.05, 0.1) is 11.7 Å². The van der Waals surface area contributed by atoms with E-state index in [-0.39, 0.29) is 29.7 Å². The number of nitrogens with zero attached hydrogens (tertiary/aromatic N) is 3. The van der Waals surface area contributed by atoms with E-state index >= 15 is 0 Å². The molecular weight excluding hydrogens is 371 g/mol. The summed E-state index contributed by atoms with van der Waals surface area (Å²) in [4.78, 5) is 24.1. The zero-order chi connectivity index (χ0) is 20.4. The van der Waals surface area contributed by atoms with E-state index in [9.17, 15) is 9.18 Å². The Balaban J connectivity index is 1.47. The highest BCUT2D eigenvalue weighted by atomic mass is 19.1. The minimum Gasteiger partial charge on any atom is -0.481 e. The van der Waals surface area contributed by atoms with Gasteiger partial charge < -0.3 is 15.0 Å². The Morgan fingerprint density at radius 3 is 2.83 bits per heavy atom. The van der Waals surface area contributed by atoms with Crippen molar-refractivity contribution in [1.82, 2.24) is 15.3 Å². The number of fused-ring (bicyclic) bond motifs is 1. The molecule has 1 atom stereocenters. The van der Waals surface area contributed by atoms with Gasteiger partial charge in [-0.3, -0.25) is 4.79 Å². The van der Waals surface area contributed by atoms with Crippen LogP contribution in [0.3, 0.4) is 0 Å². The van der Waals surface area contributed by atoms with E-state index in [1.165, 1.54) is 25.0 Å². The maximum atomic E-state index is 13.7. The molecule has 1 N–H and O–H groups in total. The summed E-state index contributed by atoms with van der Waals surface area (Å²) >= 11 is 0. The van der Waals surface area contributed by atoms with Gasteiger partial charge in [-0.2, -0.15) is 0 Å². The summed E-state index contributed by atoms with van der Waals surface area (Å²) in [6, 6.07) is 5.89. The van der Waals surface area contributed by atoms with E-state index in [4.69, 9.17) is 9.72 Å². The zero-order valence-electron chi connectivity index (χ0n) is 16.9. The summed E-state index contributed by atoms with van der Waals surface area (Å²) in [6.45, 7) is 6.12. The van der Waals surface area contributed by atoms with Crippen LogP contribution < -0.4 is 15.0 Å². The van der Waals surface area contributed by atoms with Crippen LogP contribution in [0.2, 0.25) is 0 Å². The van der Waals surface area contributed by atoms with Gasteiger partial charge in [0.25, 0.3) is 5.91 Å². The van der Waals surface area contributed by atoms with E-state index in [0.29, 0.717) is 0 Å². The molecule has 29 heavy (non-hydrogen) atoms. The second-order valence-electron chi connectivity index (χ2n) is 8.65. The van der Waals surface area contributed by atoms with Gasteiger partial charge in [0.15, 0.2) is 18.2 Å². The van der Waals surface area contributed by atoms with E-state index in [1.54, 1.807) is 12.1 Å². The number of hydrogen-bond donors (Lipinski definition) is 1. The molecule has 1 saturated heterocycles. The van der Waals surface area contributed by atoms with Crippen LogP contribution in [0.15, 0.2) is 30.5 Å². The third-order valence-electron chi connectivity index (χ3n) is 5.58. The van der Waals surface area contributed by atoms with E-state index in [1.807, 2.05) is 6.20 Å². The van der Waals surface area contributed by atoms with E-state index < -0.39 is 5.82 Å². The van der Waals surface area contributed by atoms with Crippen molar-refractivity contribution in [2.24, 2.45) is 5.41 Å². The van der Waals surface area contributed by atoms with Crippen LogP contribution in [-0.4, -0.2) is 35.6 Å². The fourth-order valence-electron chi connectivity index (χ4n) is 4.18. The number of amides is 1. The molecule has 2 aliphatic rings. The predicted molar refractivity (Wildman–Crippen MR) is 108 cm³/mol. The highest BCUT2D eigenvalue weighted by Crippen LogP contribution is 2.40. The lowest BCUT2D eigenvalue weighted by atomic mass is 9.74. The molecule has 2 heterocycles. The van der Waals surface area contributed by atoms with Crippen LogP contribution in [0, 0.1) is 11.2 Å². The molecule has 7 heteroatoms. The summed E-state index contributed by atoms with van der Waals surface area (Å²) in [5, 5.41) is 3.03. The first-order chi connectivity index (χ1) is 13.9. The molecule has 2 aromatic rings. The Labute approximate surface area is 170 Å². The SMILES string of the molecule is CC1(C)Cc2nc(N3CCCC3)ncc2[C@H](NC(=O)COc2ccccc2F)C1. The fraction of sp³-hybridized carbons (Fsp3) is 0.500. The Bertz CT molecular complexity index is 896. The van der Waals surface area contributed by atoms with Gasteiger partial charge in [0, 0.05) is 24.8 Å². The number of para-hydroxylation sites is 1. The predicted octanol–water partition coefficient (Wildman–Crippen LogP) is 3.42. The van der Waals surface area contributed by atoms with Gasteiger partial charge in [-0.25, -0.2) is 14.4 Å². The molecule has 1 amide bonds. The molecule has 1 fully saturated rings. The highest BCUT2D eigenvalue weighted by molar-refractivity contribution is 5.78. The number of hydrogen-bond acceptors (Lipinski definition) is 5. The van der Waals surface area contributed by atoms with Crippen molar-refractivity contribution in [2.45, 2.75) is 45.6 Å². The molecule has 0 radical (unpaired) electrons. The van der Waals surface area contributed by atoms with Crippen molar-refractivity contribution in [1.29, 1.82) is 0 Å². The first kappa shape index (κ1) is 19.6. The van der Waals surface area contributed by atoms with Crippen LogP contribution in [0.5, 0.6) is 5.75 Å². The second-order valence-corrected chi connectivity index (χ2v) is 8.65. The second kappa shape index (κ2) is 7.97. The fourth-order valence-corrected chi connectivity index (χ4v) is 4.18. The maximum absolute atomic E-state index is 13.7. The summed E-state index contributed by atoms with van der Waals surface area (Å²) in [6.07, 6.45) is 5.84. The molecule has 1 aliphatic carbocycles. The van der Waals surface area contributed by atoms with Crippen molar-refractivity contribution in [2.75, 3.05) is 24.6 Å². The lowest BCUT2D eigenvalue weighted by Crippen LogP contribution is -2.39. The van der Waals surface area contributed by atoms with Crippen LogP contribution >= 0.6 is 0 Å². The quantitative estimate of drug-likeness (QED) is 0.836. The van der Waals surface area contributed by atoms with E-state index in [2.05, 4.69) is 29.0 Å². The molecule has 0 unspecified atom stereocenters. The molecular formula is C22H27FN4O2. The number of anilines is 1. The summed E-state index contributed by atoms with van der Waals surface area (Å²) in [7, 11) is 0. The Morgan fingerprint density at radius 2 is 2.07 bits per heavy atom. The lowest BCUT2D eigenvalue weighted by molar-refractivity contribution is -0.124. The Kier molecular flexibility index (Phi) is 5.39. The molecule has 4 rings (SSSR count). The van der Waals surface area contributed by atoms with Gasteiger partial charge >= 0.3 is 0 Å². The van der Waals surface area contributed by atoms with Gasteiger partial charge in [0.2, 0.25) is 5.95 Å². The molecule has 0 bridgehead atoms. The average Bonchev–Trinajstić information content (AvgIpc) is 3.21. The third-order valence-corrected chi connectivity index (χ3v) is 5.58. The van der Waals surface area contributed by atoms with Crippen LogP contribution in [0.1, 0.15) is 50.4 Å². The molecule has 6 nitrogen and oxygen atoms in total. The van der Waals surface area contributed by atoms with Crippen molar-refractivity contribution >= 4 is 11.9 Å². The van der Waals surface area contributed by atoms with Crippen molar-refractivity contribution in [3.63, 3.8) is 0 Å². The number of carbonyl (C=O) groups is 1. The zero-order valence-corrected chi connectivity index (χ0v) is 16.9. The maximum Gasteiger partial charge on any atom is 0.258 e. The Morgan fingerprint density at radius 1 is 1.31 bits per heavy atom. The number of nitrogens with one attached hydrogen (secondary N) is 1. The standard InChI is InChI=1S/C22H27FN4O2/c1-22(2)11-17(25-20(28)14-29-19-8-4-3-7-16(19)23)15-13-24-21(26-18(15)12-22)27-9-5-6-10-27/h3-4,7-8,13,17H,5-6,9-12,14H2,1-2H3,(H,25,28)/t17-/m1/s1. The number of halogens is 1. The van der Waals surface area contributed by atoms with Gasteiger partial charge in [0.1, 0.15) is 0 Å². The molecule has 0 spiro atoms. The normalized spacial score (nSPS) is 20.2. The number of carbonyl (C=O) groups excluding carboxylic acids is 1. The van der Waals surface area contributed by atoms with Gasteiger partial charge in [-0.05, 0) is 43.2 Å². The van der Waals surface area contributed by atoms with Gasteiger partial charge in [-0.1, -0.05) is 26.0 Å². The van der Waals surface area contributed by atoms with Gasteiger partial charge in [-0.15, -0.1) is 0 Å². The minimum absolute atomic E-state index is 0.00791. The summed E-state index contributed by atoms with van der Waals surface area (Å²) in [5.74, 6) is 0.0929. The summed E-state index contributed by atoms with van der Waals surface area (Å²) < 4.78 is 19.0. The molecule has 1 aromatic carbocycles.